The maximum Gasteiger partial charge on any atom is 0.274 e. The summed E-state index contributed by atoms with van der Waals surface area (Å²) in [6, 6.07) is 11.7. The van der Waals surface area contributed by atoms with E-state index < -0.39 is 0 Å². The average Bonchev–Trinajstić information content (AvgIpc) is 3.23. The largest absolute Gasteiger partial charge is 0.337 e. The molecule has 1 saturated heterocycles. The lowest BCUT2D eigenvalue weighted by atomic mass is 10.1. The Morgan fingerprint density at radius 1 is 0.957 bits per heavy atom. The van der Waals surface area contributed by atoms with E-state index in [-0.39, 0.29) is 5.91 Å². The molecule has 0 saturated carbocycles. The van der Waals surface area contributed by atoms with Crippen molar-refractivity contribution >= 4 is 23.2 Å². The number of imidazole rings is 1. The van der Waals surface area contributed by atoms with Gasteiger partial charge in [0, 0.05) is 30.5 Å². The summed E-state index contributed by atoms with van der Waals surface area (Å²) in [5, 5.41) is 0.718. The molecule has 5 heteroatoms. The molecule has 1 fully saturated rings. The van der Waals surface area contributed by atoms with Gasteiger partial charge in [-0.25, -0.2) is 4.98 Å². The molecule has 3 heterocycles. The van der Waals surface area contributed by atoms with E-state index in [0.29, 0.717) is 5.69 Å². The average molecular weight is 326 g/mol. The normalized spacial score (nSPS) is 14.6. The third-order valence-corrected chi connectivity index (χ3v) is 4.49. The summed E-state index contributed by atoms with van der Waals surface area (Å²) < 4.78 is 1.91. The van der Waals surface area contributed by atoms with Crippen LogP contribution in [0.25, 0.3) is 16.8 Å². The zero-order valence-electron chi connectivity index (χ0n) is 12.6. The van der Waals surface area contributed by atoms with Gasteiger partial charge in [-0.1, -0.05) is 23.7 Å². The molecule has 4 rings (SSSR count). The summed E-state index contributed by atoms with van der Waals surface area (Å²) in [5.74, 6) is 0.0271. The number of hydrogen-bond donors (Lipinski definition) is 0. The van der Waals surface area contributed by atoms with Crippen LogP contribution in [0.2, 0.25) is 5.02 Å². The van der Waals surface area contributed by atoms with Gasteiger partial charge in [-0.2, -0.15) is 0 Å². The van der Waals surface area contributed by atoms with Gasteiger partial charge in [0.25, 0.3) is 5.91 Å². The van der Waals surface area contributed by atoms with Crippen LogP contribution < -0.4 is 0 Å². The van der Waals surface area contributed by atoms with Gasteiger partial charge in [-0.15, -0.1) is 0 Å². The van der Waals surface area contributed by atoms with Gasteiger partial charge in [0.1, 0.15) is 11.3 Å². The van der Waals surface area contributed by atoms with Crippen LogP contribution in [0.3, 0.4) is 0 Å². The Morgan fingerprint density at radius 2 is 1.65 bits per heavy atom. The molecular weight excluding hydrogens is 310 g/mol. The van der Waals surface area contributed by atoms with Crippen molar-refractivity contribution in [3.8, 4) is 11.1 Å². The molecule has 0 atom stereocenters. The highest BCUT2D eigenvalue weighted by molar-refractivity contribution is 6.30. The summed E-state index contributed by atoms with van der Waals surface area (Å²) in [6.07, 6.45) is 5.97. The van der Waals surface area contributed by atoms with Crippen LogP contribution in [0.4, 0.5) is 0 Å². The zero-order chi connectivity index (χ0) is 15.8. The molecule has 0 N–H and O–H groups in total. The maximum absolute atomic E-state index is 12.4. The molecule has 23 heavy (non-hydrogen) atoms. The van der Waals surface area contributed by atoms with E-state index in [1.807, 2.05) is 58.1 Å². The molecule has 1 aromatic carbocycles. The lowest BCUT2D eigenvalue weighted by Gasteiger charge is -2.12. The first-order chi connectivity index (χ1) is 11.2. The van der Waals surface area contributed by atoms with Crippen LogP contribution in [-0.2, 0) is 0 Å². The molecule has 0 aliphatic carbocycles. The highest BCUT2D eigenvalue weighted by Crippen LogP contribution is 2.22. The lowest BCUT2D eigenvalue weighted by Crippen LogP contribution is -2.27. The Labute approximate surface area is 139 Å². The minimum absolute atomic E-state index is 0.0271. The van der Waals surface area contributed by atoms with Crippen molar-refractivity contribution in [1.82, 2.24) is 14.3 Å². The van der Waals surface area contributed by atoms with Gasteiger partial charge >= 0.3 is 0 Å². The summed E-state index contributed by atoms with van der Waals surface area (Å²) in [4.78, 5) is 18.8. The molecule has 4 nitrogen and oxygen atoms in total. The van der Waals surface area contributed by atoms with E-state index in [9.17, 15) is 4.79 Å². The minimum Gasteiger partial charge on any atom is -0.337 e. The number of carbonyl (C=O) groups excluding carboxylic acids is 1. The van der Waals surface area contributed by atoms with Crippen LogP contribution >= 0.6 is 11.6 Å². The Kier molecular flexibility index (Phi) is 3.54. The second-order valence-corrected chi connectivity index (χ2v) is 6.25. The van der Waals surface area contributed by atoms with Crippen molar-refractivity contribution in [1.29, 1.82) is 0 Å². The van der Waals surface area contributed by atoms with Crippen LogP contribution in [-0.4, -0.2) is 33.3 Å². The molecule has 2 aromatic heterocycles. The number of hydrogen-bond acceptors (Lipinski definition) is 2. The fraction of sp³-hybridized carbons (Fsp3) is 0.222. The molecule has 1 amide bonds. The number of likely N-dealkylation sites (tertiary alicyclic amines) is 1. The summed E-state index contributed by atoms with van der Waals surface area (Å²) in [5.41, 5.74) is 3.44. The first-order valence-corrected chi connectivity index (χ1v) is 8.12. The zero-order valence-corrected chi connectivity index (χ0v) is 13.3. The fourth-order valence-corrected chi connectivity index (χ4v) is 3.12. The van der Waals surface area contributed by atoms with Gasteiger partial charge in [-0.05, 0) is 48.2 Å². The van der Waals surface area contributed by atoms with Gasteiger partial charge in [0.2, 0.25) is 0 Å². The maximum atomic E-state index is 12.4. The Hall–Kier alpha value is -2.33. The number of aromatic nitrogens is 2. The summed E-state index contributed by atoms with van der Waals surface area (Å²) >= 11 is 5.94. The summed E-state index contributed by atoms with van der Waals surface area (Å²) in [7, 11) is 0. The van der Waals surface area contributed by atoms with E-state index in [1.54, 1.807) is 0 Å². The van der Waals surface area contributed by atoms with Crippen LogP contribution in [0.5, 0.6) is 0 Å². The standard InChI is InChI=1S/C18H16ClN3O/c19-15-6-3-13(4-7-15)14-5-8-17-20-16(12-22(17)11-14)18(23)21-9-1-2-10-21/h3-8,11-12H,1-2,9-10H2. The SMILES string of the molecule is O=C(c1cn2cc(-c3ccc(Cl)cc3)ccc2n1)N1CCCC1. The van der Waals surface area contributed by atoms with Crippen LogP contribution in [0.15, 0.2) is 48.8 Å². The van der Waals surface area contributed by atoms with Crippen molar-refractivity contribution in [3.63, 3.8) is 0 Å². The number of fused-ring (bicyclic) bond motifs is 1. The Bertz CT molecular complexity index is 864. The molecule has 0 unspecified atom stereocenters. The number of carbonyl (C=O) groups is 1. The van der Waals surface area contributed by atoms with Crippen molar-refractivity contribution in [2.45, 2.75) is 12.8 Å². The molecule has 0 spiro atoms. The van der Waals surface area contributed by atoms with E-state index >= 15 is 0 Å². The van der Waals surface area contributed by atoms with Crippen molar-refractivity contribution < 1.29 is 4.79 Å². The molecule has 0 radical (unpaired) electrons. The molecule has 1 aliphatic rings. The molecule has 1 aliphatic heterocycles. The minimum atomic E-state index is 0.0271. The van der Waals surface area contributed by atoms with Crippen molar-refractivity contribution in [2.75, 3.05) is 13.1 Å². The predicted octanol–water partition coefficient (Wildman–Crippen LogP) is 3.89. The van der Waals surface area contributed by atoms with E-state index in [0.717, 1.165) is 47.7 Å². The monoisotopic (exact) mass is 325 g/mol. The third kappa shape index (κ3) is 2.70. The smallest absolute Gasteiger partial charge is 0.274 e. The van der Waals surface area contributed by atoms with Crippen molar-refractivity contribution in [2.24, 2.45) is 0 Å². The number of nitrogens with zero attached hydrogens (tertiary/aromatic N) is 3. The van der Waals surface area contributed by atoms with E-state index in [1.165, 1.54) is 0 Å². The molecule has 0 bridgehead atoms. The third-order valence-electron chi connectivity index (χ3n) is 4.24. The number of benzene rings is 1. The fourth-order valence-electron chi connectivity index (χ4n) is 2.99. The van der Waals surface area contributed by atoms with Gasteiger partial charge in [-0.3, -0.25) is 4.79 Å². The van der Waals surface area contributed by atoms with E-state index in [4.69, 9.17) is 11.6 Å². The Balaban J connectivity index is 1.69. The topological polar surface area (TPSA) is 37.6 Å². The first-order valence-electron chi connectivity index (χ1n) is 7.75. The van der Waals surface area contributed by atoms with Gasteiger partial charge in [0.15, 0.2) is 0 Å². The summed E-state index contributed by atoms with van der Waals surface area (Å²) in [6.45, 7) is 1.67. The molecule has 3 aromatic rings. The second-order valence-electron chi connectivity index (χ2n) is 5.82. The number of amides is 1. The highest BCUT2D eigenvalue weighted by atomic mass is 35.5. The number of pyridine rings is 1. The second kappa shape index (κ2) is 5.70. The predicted molar refractivity (Wildman–Crippen MR) is 90.8 cm³/mol. The number of rotatable bonds is 2. The van der Waals surface area contributed by atoms with Gasteiger partial charge < -0.3 is 9.30 Å². The molecular formula is C18H16ClN3O. The van der Waals surface area contributed by atoms with Crippen molar-refractivity contribution in [3.05, 3.63) is 59.5 Å². The van der Waals surface area contributed by atoms with Gasteiger partial charge in [0.05, 0.1) is 0 Å². The first kappa shape index (κ1) is 14.3. The van der Waals surface area contributed by atoms with E-state index in [2.05, 4.69) is 4.98 Å². The molecule has 116 valence electrons. The Morgan fingerprint density at radius 3 is 2.39 bits per heavy atom. The quantitative estimate of drug-likeness (QED) is 0.717. The van der Waals surface area contributed by atoms with Crippen LogP contribution in [0, 0.1) is 0 Å². The number of halogens is 1. The highest BCUT2D eigenvalue weighted by Gasteiger charge is 2.21. The van der Waals surface area contributed by atoms with Crippen LogP contribution in [0.1, 0.15) is 23.3 Å². The lowest BCUT2D eigenvalue weighted by molar-refractivity contribution is 0.0787.